The zero-order chi connectivity index (χ0) is 13.6. The van der Waals surface area contributed by atoms with Gasteiger partial charge in [-0.1, -0.05) is 23.7 Å². The molecule has 0 bridgehead atoms. The molecule has 0 saturated heterocycles. The predicted molar refractivity (Wildman–Crippen MR) is 69.2 cm³/mol. The van der Waals surface area contributed by atoms with Crippen molar-refractivity contribution in [2.45, 2.75) is 6.92 Å². The Morgan fingerprint density at radius 2 is 2.05 bits per heavy atom. The van der Waals surface area contributed by atoms with Gasteiger partial charge >= 0.3 is 5.69 Å². The fourth-order valence-corrected chi connectivity index (χ4v) is 2.24. The number of rotatable bonds is 1. The Balaban J connectivity index is 2.46. The second-order valence-corrected chi connectivity index (χ2v) is 4.33. The molecule has 0 aliphatic carbocycles. The SMILES string of the molecule is Cc1nc(Cl)c2c(n1)[nH]c(=O)n2-c1ccccc1F. The fourth-order valence-electron chi connectivity index (χ4n) is 1.94. The van der Waals surface area contributed by atoms with Gasteiger partial charge in [0.1, 0.15) is 17.2 Å². The van der Waals surface area contributed by atoms with E-state index in [0.717, 1.165) is 4.57 Å². The molecule has 0 saturated carbocycles. The van der Waals surface area contributed by atoms with Crippen molar-refractivity contribution in [3.05, 3.63) is 51.5 Å². The molecule has 0 aliphatic heterocycles. The summed E-state index contributed by atoms with van der Waals surface area (Å²) in [6.07, 6.45) is 0. The van der Waals surface area contributed by atoms with Crippen LogP contribution in [-0.2, 0) is 0 Å². The van der Waals surface area contributed by atoms with Crippen LogP contribution in [-0.4, -0.2) is 19.5 Å². The maximum absolute atomic E-state index is 13.8. The van der Waals surface area contributed by atoms with Gasteiger partial charge in [0.15, 0.2) is 10.8 Å². The summed E-state index contributed by atoms with van der Waals surface area (Å²) in [5, 5.41) is 0.101. The highest BCUT2D eigenvalue weighted by Gasteiger charge is 2.16. The third kappa shape index (κ3) is 1.80. The Labute approximate surface area is 111 Å². The molecule has 0 unspecified atom stereocenters. The molecule has 1 aromatic carbocycles. The minimum Gasteiger partial charge on any atom is -0.290 e. The second-order valence-electron chi connectivity index (χ2n) is 3.98. The summed E-state index contributed by atoms with van der Waals surface area (Å²) < 4.78 is 14.9. The van der Waals surface area contributed by atoms with Crippen LogP contribution in [0.2, 0.25) is 5.15 Å². The number of fused-ring (bicyclic) bond motifs is 1. The van der Waals surface area contributed by atoms with Gasteiger partial charge in [0.25, 0.3) is 0 Å². The summed E-state index contributed by atoms with van der Waals surface area (Å²) in [5.41, 5.74) is 0.142. The Morgan fingerprint density at radius 3 is 2.79 bits per heavy atom. The highest BCUT2D eigenvalue weighted by atomic mass is 35.5. The number of aromatic nitrogens is 4. The van der Waals surface area contributed by atoms with Gasteiger partial charge in [-0.3, -0.25) is 9.55 Å². The number of halogens is 2. The summed E-state index contributed by atoms with van der Waals surface area (Å²) in [6, 6.07) is 5.93. The van der Waals surface area contributed by atoms with Crippen molar-refractivity contribution in [2.75, 3.05) is 0 Å². The lowest BCUT2D eigenvalue weighted by Gasteiger charge is -2.05. The van der Waals surface area contributed by atoms with Crippen molar-refractivity contribution >= 4 is 22.8 Å². The molecule has 0 atom stereocenters. The molecule has 0 fully saturated rings. The average molecular weight is 279 g/mol. The van der Waals surface area contributed by atoms with Crippen LogP contribution in [0.15, 0.2) is 29.1 Å². The first-order chi connectivity index (χ1) is 9.08. The van der Waals surface area contributed by atoms with Crippen LogP contribution in [0.3, 0.4) is 0 Å². The molecular weight excluding hydrogens is 271 g/mol. The van der Waals surface area contributed by atoms with Crippen LogP contribution < -0.4 is 5.69 Å². The molecule has 19 heavy (non-hydrogen) atoms. The number of hydrogen-bond acceptors (Lipinski definition) is 3. The predicted octanol–water partition coefficient (Wildman–Crippen LogP) is 2.21. The largest absolute Gasteiger partial charge is 0.332 e. The number of nitrogens with zero attached hydrogens (tertiary/aromatic N) is 3. The van der Waals surface area contributed by atoms with Crippen LogP contribution >= 0.6 is 11.6 Å². The number of nitrogens with one attached hydrogen (secondary N) is 1. The van der Waals surface area contributed by atoms with Gasteiger partial charge in [-0.2, -0.15) is 0 Å². The summed E-state index contributed by atoms with van der Waals surface area (Å²) in [5.74, 6) is -0.0958. The van der Waals surface area contributed by atoms with E-state index in [9.17, 15) is 9.18 Å². The van der Waals surface area contributed by atoms with Gasteiger partial charge < -0.3 is 0 Å². The topological polar surface area (TPSA) is 63.6 Å². The third-order valence-electron chi connectivity index (χ3n) is 2.70. The second kappa shape index (κ2) is 4.17. The molecule has 2 aromatic heterocycles. The van der Waals surface area contributed by atoms with E-state index < -0.39 is 11.5 Å². The van der Waals surface area contributed by atoms with Gasteiger partial charge in [-0.25, -0.2) is 19.2 Å². The zero-order valence-corrected chi connectivity index (χ0v) is 10.6. The molecule has 2 heterocycles. The van der Waals surface area contributed by atoms with Crippen molar-refractivity contribution in [3.63, 3.8) is 0 Å². The number of H-pyrrole nitrogens is 1. The maximum atomic E-state index is 13.8. The van der Waals surface area contributed by atoms with E-state index in [0.29, 0.717) is 5.82 Å². The van der Waals surface area contributed by atoms with E-state index in [2.05, 4.69) is 15.0 Å². The minimum absolute atomic E-state index is 0.101. The van der Waals surface area contributed by atoms with E-state index in [1.54, 1.807) is 19.1 Å². The van der Waals surface area contributed by atoms with Crippen molar-refractivity contribution in [2.24, 2.45) is 0 Å². The summed E-state index contributed by atoms with van der Waals surface area (Å²) in [7, 11) is 0. The van der Waals surface area contributed by atoms with Crippen molar-refractivity contribution < 1.29 is 4.39 Å². The van der Waals surface area contributed by atoms with E-state index in [1.165, 1.54) is 12.1 Å². The Morgan fingerprint density at radius 1 is 1.32 bits per heavy atom. The van der Waals surface area contributed by atoms with Crippen LogP contribution in [0, 0.1) is 12.7 Å². The molecule has 1 N–H and O–H groups in total. The van der Waals surface area contributed by atoms with Crippen LogP contribution in [0.4, 0.5) is 4.39 Å². The molecule has 0 aliphatic rings. The molecule has 3 rings (SSSR count). The molecular formula is C12H8ClFN4O. The maximum Gasteiger partial charge on any atom is 0.332 e. The molecule has 5 nitrogen and oxygen atoms in total. The summed E-state index contributed by atoms with van der Waals surface area (Å²) >= 11 is 6.03. The smallest absolute Gasteiger partial charge is 0.290 e. The van der Waals surface area contributed by atoms with Gasteiger partial charge in [0.2, 0.25) is 0 Å². The average Bonchev–Trinajstić information content (AvgIpc) is 2.66. The normalized spacial score (nSPS) is 11.1. The first-order valence-electron chi connectivity index (χ1n) is 5.47. The molecule has 0 radical (unpaired) electrons. The molecule has 3 aromatic rings. The highest BCUT2D eigenvalue weighted by molar-refractivity contribution is 6.33. The van der Waals surface area contributed by atoms with Crippen molar-refractivity contribution in [1.82, 2.24) is 19.5 Å². The number of aryl methyl sites for hydroxylation is 1. The molecule has 96 valence electrons. The molecule has 7 heteroatoms. The van der Waals surface area contributed by atoms with E-state index in [-0.39, 0.29) is 22.0 Å². The summed E-state index contributed by atoms with van der Waals surface area (Å²) in [6.45, 7) is 1.66. The zero-order valence-electron chi connectivity index (χ0n) is 9.82. The minimum atomic E-state index is -0.526. The molecule has 0 amide bonds. The highest BCUT2D eigenvalue weighted by Crippen LogP contribution is 2.22. The van der Waals surface area contributed by atoms with Gasteiger partial charge in [0.05, 0.1) is 5.69 Å². The van der Waals surface area contributed by atoms with Gasteiger partial charge in [-0.05, 0) is 19.1 Å². The number of hydrogen-bond donors (Lipinski definition) is 1. The van der Waals surface area contributed by atoms with Crippen LogP contribution in [0.1, 0.15) is 5.82 Å². The lowest BCUT2D eigenvalue weighted by atomic mass is 10.3. The first-order valence-corrected chi connectivity index (χ1v) is 5.85. The Hall–Kier alpha value is -2.21. The lowest BCUT2D eigenvalue weighted by Crippen LogP contribution is -2.16. The number of para-hydroxylation sites is 1. The number of benzene rings is 1. The van der Waals surface area contributed by atoms with E-state index in [4.69, 9.17) is 11.6 Å². The van der Waals surface area contributed by atoms with Crippen LogP contribution in [0.25, 0.3) is 16.9 Å². The third-order valence-corrected chi connectivity index (χ3v) is 2.96. The number of imidazole rings is 1. The van der Waals surface area contributed by atoms with E-state index >= 15 is 0 Å². The quantitative estimate of drug-likeness (QED) is 0.694. The first kappa shape index (κ1) is 11.9. The van der Waals surface area contributed by atoms with E-state index in [1.807, 2.05) is 0 Å². The molecule has 0 spiro atoms. The fraction of sp³-hybridized carbons (Fsp3) is 0.0833. The monoisotopic (exact) mass is 278 g/mol. The van der Waals surface area contributed by atoms with Gasteiger partial charge in [-0.15, -0.1) is 0 Å². The lowest BCUT2D eigenvalue weighted by molar-refractivity contribution is 0.618. The van der Waals surface area contributed by atoms with Gasteiger partial charge in [0, 0.05) is 0 Å². The summed E-state index contributed by atoms with van der Waals surface area (Å²) in [4.78, 5) is 22.6. The number of aromatic amines is 1. The Bertz CT molecular complexity index is 839. The standard InChI is InChI=1S/C12H8ClFN4O/c1-6-15-10(13)9-11(16-6)17-12(19)18(9)8-5-3-2-4-7(8)14/h2-5H,1H3,(H,15,16,17,19). The Kier molecular flexibility index (Phi) is 2.60. The van der Waals surface area contributed by atoms with Crippen molar-refractivity contribution in [3.8, 4) is 5.69 Å². The van der Waals surface area contributed by atoms with Crippen molar-refractivity contribution in [1.29, 1.82) is 0 Å². The van der Waals surface area contributed by atoms with Crippen LogP contribution in [0.5, 0.6) is 0 Å².